The van der Waals surface area contributed by atoms with E-state index in [1.54, 1.807) is 0 Å². The van der Waals surface area contributed by atoms with Crippen LogP contribution in [0.25, 0.3) is 0 Å². The molecule has 0 aromatic heterocycles. The topological polar surface area (TPSA) is 47.6 Å². The molecule has 1 heterocycles. The van der Waals surface area contributed by atoms with Crippen molar-refractivity contribution >= 4 is 63.9 Å². The third-order valence-electron chi connectivity index (χ3n) is 3.26. The molecule has 4 nitrogen and oxygen atoms in total. The minimum absolute atomic E-state index is 0.0922. The molecule has 0 saturated heterocycles. The van der Waals surface area contributed by atoms with Crippen LogP contribution >= 0.6 is 58.0 Å². The van der Waals surface area contributed by atoms with Gasteiger partial charge in [-0.25, -0.2) is 4.39 Å². The van der Waals surface area contributed by atoms with E-state index in [2.05, 4.69) is 5.32 Å². The van der Waals surface area contributed by atoms with Crippen molar-refractivity contribution in [1.29, 1.82) is 0 Å². The van der Waals surface area contributed by atoms with E-state index in [0.717, 1.165) is 6.07 Å². The first-order valence-electron chi connectivity index (χ1n) is 6.64. The number of hydrogen-bond donors (Lipinski definition) is 1. The first kappa shape index (κ1) is 18.7. The Morgan fingerprint density at radius 2 is 1.56 bits per heavy atom. The number of nitrogens with one attached hydrogen (secondary N) is 1. The van der Waals surface area contributed by atoms with E-state index < -0.39 is 21.4 Å². The number of carbonyl (C=O) groups is 1. The smallest absolute Gasteiger partial charge is 0.388 e. The summed E-state index contributed by atoms with van der Waals surface area (Å²) >= 11 is 29.7. The predicted molar refractivity (Wildman–Crippen MR) is 94.6 cm³/mol. The second-order valence-electron chi connectivity index (χ2n) is 4.97. The molecule has 2 aromatic rings. The van der Waals surface area contributed by atoms with Crippen LogP contribution in [0.15, 0.2) is 36.4 Å². The molecule has 3 rings (SSSR count). The third kappa shape index (κ3) is 3.44. The molecular weight excluding hydrogens is 438 g/mol. The van der Waals surface area contributed by atoms with Crippen molar-refractivity contribution in [1.82, 2.24) is 5.32 Å². The fourth-order valence-electron chi connectivity index (χ4n) is 2.10. The third-order valence-corrected chi connectivity index (χ3v) is 4.73. The van der Waals surface area contributed by atoms with E-state index >= 15 is 0 Å². The van der Waals surface area contributed by atoms with Crippen LogP contribution in [0.2, 0.25) is 10.0 Å². The van der Waals surface area contributed by atoms with Gasteiger partial charge in [0.05, 0.1) is 15.6 Å². The van der Waals surface area contributed by atoms with Gasteiger partial charge in [-0.3, -0.25) is 10.1 Å². The van der Waals surface area contributed by atoms with Crippen molar-refractivity contribution in [3.63, 3.8) is 0 Å². The Kier molecular flexibility index (Phi) is 4.90. The van der Waals surface area contributed by atoms with E-state index in [-0.39, 0.29) is 27.1 Å². The zero-order chi connectivity index (χ0) is 18.4. The van der Waals surface area contributed by atoms with Crippen LogP contribution in [0.3, 0.4) is 0 Å². The fraction of sp³-hybridized carbons (Fsp3) is 0.133. The number of amides is 1. The van der Waals surface area contributed by atoms with Crippen LogP contribution in [-0.4, -0.2) is 15.6 Å². The molecule has 1 aliphatic heterocycles. The summed E-state index contributed by atoms with van der Waals surface area (Å²) in [6, 6.07) is 7.96. The molecule has 1 aliphatic rings. The molecule has 10 heteroatoms. The fourth-order valence-corrected chi connectivity index (χ4v) is 2.78. The highest BCUT2D eigenvalue weighted by Gasteiger charge is 2.59. The maximum absolute atomic E-state index is 13.8. The molecule has 1 N–H and O–H groups in total. The highest BCUT2D eigenvalue weighted by molar-refractivity contribution is 6.68. The highest BCUT2D eigenvalue weighted by atomic mass is 35.6. The van der Waals surface area contributed by atoms with Crippen molar-refractivity contribution in [3.8, 4) is 11.5 Å². The number of carbonyl (C=O) groups excluding carboxylic acids is 1. The summed E-state index contributed by atoms with van der Waals surface area (Å²) < 4.78 is 22.6. The largest absolute Gasteiger partial charge is 0.428 e. The van der Waals surface area contributed by atoms with Gasteiger partial charge in [0.15, 0.2) is 11.5 Å². The van der Waals surface area contributed by atoms with Crippen LogP contribution in [0, 0.1) is 5.82 Å². The average molecular weight is 445 g/mol. The molecule has 0 atom stereocenters. The minimum atomic E-state index is -2.27. The quantitative estimate of drug-likeness (QED) is 0.634. The summed E-state index contributed by atoms with van der Waals surface area (Å²) in [4.78, 5) is 12.4. The van der Waals surface area contributed by atoms with E-state index in [0.29, 0.717) is 0 Å². The molecule has 0 unspecified atom stereocenters. The van der Waals surface area contributed by atoms with Crippen LogP contribution in [0.4, 0.5) is 4.39 Å². The Labute approximate surface area is 166 Å². The molecule has 0 saturated carbocycles. The van der Waals surface area contributed by atoms with Gasteiger partial charge in [-0.1, -0.05) is 70.1 Å². The number of fused-ring (bicyclic) bond motifs is 1. The molecule has 132 valence electrons. The van der Waals surface area contributed by atoms with Gasteiger partial charge in [0, 0.05) is 12.1 Å². The van der Waals surface area contributed by atoms with Crippen molar-refractivity contribution < 1.29 is 18.7 Å². The first-order valence-corrected chi connectivity index (χ1v) is 8.53. The van der Waals surface area contributed by atoms with E-state index in [1.807, 2.05) is 0 Å². The van der Waals surface area contributed by atoms with E-state index in [1.165, 1.54) is 30.3 Å². The summed E-state index contributed by atoms with van der Waals surface area (Å²) in [7, 11) is 0. The van der Waals surface area contributed by atoms with Crippen molar-refractivity contribution in [2.75, 3.05) is 0 Å². The molecule has 2 aromatic carbocycles. The Balaban J connectivity index is 1.98. The lowest BCUT2D eigenvalue weighted by atomic mass is 10.2. The molecule has 1 amide bonds. The van der Waals surface area contributed by atoms with Crippen LogP contribution < -0.4 is 14.8 Å². The zero-order valence-corrected chi connectivity index (χ0v) is 15.7. The number of halogens is 6. The monoisotopic (exact) mass is 443 g/mol. The maximum atomic E-state index is 13.8. The zero-order valence-electron chi connectivity index (χ0n) is 12.0. The lowest BCUT2D eigenvalue weighted by molar-refractivity contribution is -0.0953. The molecule has 0 spiro atoms. The minimum Gasteiger partial charge on any atom is -0.428 e. The molecule has 0 aliphatic carbocycles. The van der Waals surface area contributed by atoms with Gasteiger partial charge >= 0.3 is 5.91 Å². The average Bonchev–Trinajstić information content (AvgIpc) is 2.86. The van der Waals surface area contributed by atoms with Crippen molar-refractivity contribution in [2.24, 2.45) is 0 Å². The second kappa shape index (κ2) is 6.56. The summed E-state index contributed by atoms with van der Waals surface area (Å²) in [5.74, 6) is -3.73. The Morgan fingerprint density at radius 3 is 2.04 bits per heavy atom. The first-order chi connectivity index (χ1) is 11.6. The lowest BCUT2D eigenvalue weighted by Gasteiger charge is -2.33. The number of ether oxygens (including phenoxy) is 2. The number of hydrogen-bond acceptors (Lipinski definition) is 3. The maximum Gasteiger partial charge on any atom is 0.388 e. The van der Waals surface area contributed by atoms with Gasteiger partial charge < -0.3 is 9.47 Å². The highest BCUT2D eigenvalue weighted by Crippen LogP contribution is 2.50. The molecule has 0 radical (unpaired) electrons. The van der Waals surface area contributed by atoms with Gasteiger partial charge in [0.2, 0.25) is 0 Å². The van der Waals surface area contributed by atoms with Gasteiger partial charge in [-0.2, -0.15) is 0 Å². The van der Waals surface area contributed by atoms with Gasteiger partial charge in [-0.15, -0.1) is 0 Å². The van der Waals surface area contributed by atoms with Gasteiger partial charge in [-0.05, 0) is 12.1 Å². The van der Waals surface area contributed by atoms with E-state index in [4.69, 9.17) is 67.5 Å². The Bertz CT molecular complexity index is 825. The normalized spacial score (nSPS) is 15.1. The van der Waals surface area contributed by atoms with Gasteiger partial charge in [0.25, 0.3) is 9.70 Å². The number of rotatable bonds is 2. The molecular formula is C15H7Cl5FNO3. The number of alkyl halides is 3. The molecule has 0 bridgehead atoms. The Hall–Kier alpha value is -1.11. The lowest BCUT2D eigenvalue weighted by Crippen LogP contribution is -2.63. The number of benzene rings is 2. The standard InChI is InChI=1S/C15H7Cl5FNO3/c16-8-5-11-12(6-9(8)17)25-15(24-11,14(18,19)20)22-13(23)7-3-1-2-4-10(7)21/h1-6H,(H,22,23). The summed E-state index contributed by atoms with van der Waals surface area (Å²) in [6.45, 7) is 0. The summed E-state index contributed by atoms with van der Waals surface area (Å²) in [5.41, 5.74) is -0.282. The van der Waals surface area contributed by atoms with Crippen molar-refractivity contribution in [3.05, 3.63) is 57.8 Å². The second-order valence-corrected chi connectivity index (χ2v) is 8.06. The van der Waals surface area contributed by atoms with Gasteiger partial charge in [0.1, 0.15) is 5.82 Å². The van der Waals surface area contributed by atoms with Crippen molar-refractivity contribution in [2.45, 2.75) is 9.70 Å². The van der Waals surface area contributed by atoms with E-state index in [9.17, 15) is 9.18 Å². The summed E-state index contributed by atoms with van der Waals surface area (Å²) in [6.07, 6.45) is 0. The molecule has 25 heavy (non-hydrogen) atoms. The van der Waals surface area contributed by atoms with Crippen LogP contribution in [0.5, 0.6) is 11.5 Å². The molecule has 0 fully saturated rings. The Morgan fingerprint density at radius 1 is 1.04 bits per heavy atom. The SMILES string of the molecule is O=C(NC1(C(Cl)(Cl)Cl)Oc2cc(Cl)c(Cl)cc2O1)c1ccccc1F. The predicted octanol–water partition coefficient (Wildman–Crippen LogP) is 5.36. The van der Waals surface area contributed by atoms with Crippen LogP contribution in [0.1, 0.15) is 10.4 Å². The van der Waals surface area contributed by atoms with Crippen LogP contribution in [-0.2, 0) is 0 Å². The summed E-state index contributed by atoms with van der Waals surface area (Å²) in [5, 5.41) is 2.61.